The predicted molar refractivity (Wildman–Crippen MR) is 92.7 cm³/mol. The fourth-order valence-electron chi connectivity index (χ4n) is 2.85. The lowest BCUT2D eigenvalue weighted by Gasteiger charge is -2.15. The first kappa shape index (κ1) is 15.3. The molecule has 0 spiro atoms. The molecule has 0 atom stereocenters. The van der Waals surface area contributed by atoms with Crippen molar-refractivity contribution >= 4 is 19.0 Å². The number of rotatable bonds is 6. The molecule has 0 N–H and O–H groups in total. The Morgan fingerprint density at radius 2 is 2.09 bits per heavy atom. The predicted octanol–water partition coefficient (Wildman–Crippen LogP) is 4.70. The van der Waals surface area contributed by atoms with Crippen molar-refractivity contribution in [2.45, 2.75) is 51.2 Å². The Hall–Kier alpha value is -1.57. The summed E-state index contributed by atoms with van der Waals surface area (Å²) in [7, 11) is -1.05. The number of nitrogens with zero attached hydrogens (tertiary/aromatic N) is 2. The van der Waals surface area contributed by atoms with Gasteiger partial charge in [0.1, 0.15) is 12.8 Å². The number of hydrogen-bond acceptors (Lipinski definition) is 2. The smallest absolute Gasteiger partial charge is 0.122 e. The molecule has 2 aromatic rings. The Labute approximate surface area is 133 Å². The highest BCUT2D eigenvalue weighted by Gasteiger charge is 2.27. The lowest BCUT2D eigenvalue weighted by molar-refractivity contribution is 0.0902. The number of benzene rings is 1. The molecule has 116 valence electrons. The Bertz CT molecular complexity index is 717. The summed E-state index contributed by atoms with van der Waals surface area (Å²) in [6.07, 6.45) is 4.45. The first-order chi connectivity index (χ1) is 10.5. The van der Waals surface area contributed by atoms with Crippen molar-refractivity contribution < 1.29 is 4.74 Å². The maximum absolute atomic E-state index is 9.46. The molecule has 1 saturated carbocycles. The molecular weight excluding hydrogens is 288 g/mol. The van der Waals surface area contributed by atoms with Crippen LogP contribution < -0.4 is 0 Å². The maximum atomic E-state index is 9.46. The van der Waals surface area contributed by atoms with Gasteiger partial charge in [0.25, 0.3) is 0 Å². The van der Waals surface area contributed by atoms with Gasteiger partial charge in [-0.05, 0) is 36.4 Å². The van der Waals surface area contributed by atoms with Crippen molar-refractivity contribution in [3.05, 3.63) is 35.5 Å². The molecule has 1 aliphatic rings. The van der Waals surface area contributed by atoms with Crippen LogP contribution in [0.3, 0.4) is 0 Å². The molecule has 1 aromatic heterocycles. The molecule has 4 heteroatoms. The summed E-state index contributed by atoms with van der Waals surface area (Å²) in [5, 5.41) is 10.6. The van der Waals surface area contributed by atoms with Crippen LogP contribution in [0.2, 0.25) is 25.7 Å². The number of fused-ring (bicyclic) bond motifs is 1. The fourth-order valence-corrected chi connectivity index (χ4v) is 3.60. The van der Waals surface area contributed by atoms with Gasteiger partial charge in [0.15, 0.2) is 0 Å². The van der Waals surface area contributed by atoms with Gasteiger partial charge in [-0.2, -0.15) is 5.26 Å². The van der Waals surface area contributed by atoms with Gasteiger partial charge >= 0.3 is 0 Å². The minimum Gasteiger partial charge on any atom is -0.361 e. The fraction of sp³-hybridized carbons (Fsp3) is 0.500. The van der Waals surface area contributed by atoms with Crippen molar-refractivity contribution in [2.75, 3.05) is 6.61 Å². The van der Waals surface area contributed by atoms with Crippen LogP contribution in [0.1, 0.15) is 29.9 Å². The number of ether oxygens (including phenoxy) is 1. The minimum atomic E-state index is -1.05. The van der Waals surface area contributed by atoms with E-state index in [0.717, 1.165) is 23.1 Å². The van der Waals surface area contributed by atoms with Gasteiger partial charge in [0, 0.05) is 26.3 Å². The molecule has 1 aliphatic carbocycles. The molecule has 0 amide bonds. The second-order valence-electron chi connectivity index (χ2n) is 7.49. The van der Waals surface area contributed by atoms with Gasteiger partial charge in [-0.25, -0.2) is 0 Å². The first-order valence-corrected chi connectivity index (χ1v) is 11.8. The lowest BCUT2D eigenvalue weighted by Crippen LogP contribution is -2.21. The standard InChI is InChI=1S/C18H24N2OSi/c1-22(2,3)10-9-21-13-20-12-15(11-19)18-16(14-7-8-14)5-4-6-17(18)20/h4-6,12,14H,7-10,13H2,1-3H3. The van der Waals surface area contributed by atoms with E-state index in [1.807, 2.05) is 6.20 Å². The van der Waals surface area contributed by atoms with E-state index >= 15 is 0 Å². The summed E-state index contributed by atoms with van der Waals surface area (Å²) >= 11 is 0. The summed E-state index contributed by atoms with van der Waals surface area (Å²) in [5.74, 6) is 0.652. The Morgan fingerprint density at radius 3 is 2.73 bits per heavy atom. The van der Waals surface area contributed by atoms with E-state index in [2.05, 4.69) is 48.5 Å². The molecule has 1 heterocycles. The summed E-state index contributed by atoms with van der Waals surface area (Å²) in [6.45, 7) is 8.42. The molecule has 22 heavy (non-hydrogen) atoms. The average molecular weight is 312 g/mol. The first-order valence-electron chi connectivity index (χ1n) is 8.09. The summed E-state index contributed by atoms with van der Waals surface area (Å²) in [6, 6.07) is 9.92. The van der Waals surface area contributed by atoms with Crippen LogP contribution >= 0.6 is 0 Å². The van der Waals surface area contributed by atoms with Crippen molar-refractivity contribution in [1.29, 1.82) is 5.26 Å². The highest BCUT2D eigenvalue weighted by atomic mass is 28.3. The van der Waals surface area contributed by atoms with Crippen LogP contribution in [-0.4, -0.2) is 19.2 Å². The summed E-state index contributed by atoms with van der Waals surface area (Å²) < 4.78 is 7.95. The van der Waals surface area contributed by atoms with Crippen molar-refractivity contribution in [3.8, 4) is 6.07 Å². The molecule has 3 rings (SSSR count). The van der Waals surface area contributed by atoms with Crippen LogP contribution in [0.4, 0.5) is 0 Å². The van der Waals surface area contributed by atoms with Crippen LogP contribution in [0.15, 0.2) is 24.4 Å². The van der Waals surface area contributed by atoms with Crippen molar-refractivity contribution in [2.24, 2.45) is 0 Å². The Morgan fingerprint density at radius 1 is 1.32 bits per heavy atom. The SMILES string of the molecule is C[Si](C)(C)CCOCn1cc(C#N)c2c(C3CC3)cccc21. The van der Waals surface area contributed by atoms with Gasteiger partial charge in [0.05, 0.1) is 11.1 Å². The lowest BCUT2D eigenvalue weighted by atomic mass is 10.0. The summed E-state index contributed by atoms with van der Waals surface area (Å²) in [4.78, 5) is 0. The zero-order chi connectivity index (χ0) is 15.7. The highest BCUT2D eigenvalue weighted by molar-refractivity contribution is 6.76. The quantitative estimate of drug-likeness (QED) is 0.572. The Balaban J connectivity index is 1.82. The van der Waals surface area contributed by atoms with Crippen LogP contribution in [-0.2, 0) is 11.5 Å². The molecular formula is C18H24N2OSi. The van der Waals surface area contributed by atoms with E-state index in [1.54, 1.807) is 0 Å². The molecule has 1 aromatic carbocycles. The van der Waals surface area contributed by atoms with E-state index in [0.29, 0.717) is 12.6 Å². The van der Waals surface area contributed by atoms with E-state index in [4.69, 9.17) is 4.74 Å². The average Bonchev–Trinajstić information content (AvgIpc) is 3.24. The Kier molecular flexibility index (Phi) is 4.11. The third-order valence-electron chi connectivity index (χ3n) is 4.30. The zero-order valence-electron chi connectivity index (χ0n) is 13.7. The number of nitriles is 1. The number of hydrogen-bond donors (Lipinski definition) is 0. The normalized spacial score (nSPS) is 15.2. The topological polar surface area (TPSA) is 38.0 Å². The van der Waals surface area contributed by atoms with Crippen molar-refractivity contribution in [1.82, 2.24) is 4.57 Å². The van der Waals surface area contributed by atoms with Gasteiger partial charge in [-0.1, -0.05) is 31.8 Å². The second-order valence-corrected chi connectivity index (χ2v) is 13.1. The van der Waals surface area contributed by atoms with Crippen LogP contribution in [0.5, 0.6) is 0 Å². The molecule has 3 nitrogen and oxygen atoms in total. The molecule has 0 bridgehead atoms. The van der Waals surface area contributed by atoms with E-state index < -0.39 is 8.07 Å². The molecule has 0 saturated heterocycles. The van der Waals surface area contributed by atoms with E-state index in [1.165, 1.54) is 24.4 Å². The molecule has 0 radical (unpaired) electrons. The maximum Gasteiger partial charge on any atom is 0.122 e. The minimum absolute atomic E-state index is 0.538. The monoisotopic (exact) mass is 312 g/mol. The zero-order valence-corrected chi connectivity index (χ0v) is 14.7. The highest BCUT2D eigenvalue weighted by Crippen LogP contribution is 2.44. The number of aromatic nitrogens is 1. The van der Waals surface area contributed by atoms with Crippen molar-refractivity contribution in [3.63, 3.8) is 0 Å². The molecule has 0 unspecified atom stereocenters. The van der Waals surface area contributed by atoms with E-state index in [-0.39, 0.29) is 0 Å². The van der Waals surface area contributed by atoms with Gasteiger partial charge in [-0.15, -0.1) is 0 Å². The van der Waals surface area contributed by atoms with Crippen LogP contribution in [0.25, 0.3) is 10.9 Å². The van der Waals surface area contributed by atoms with E-state index in [9.17, 15) is 5.26 Å². The summed E-state index contributed by atoms with van der Waals surface area (Å²) in [5.41, 5.74) is 3.26. The largest absolute Gasteiger partial charge is 0.361 e. The van der Waals surface area contributed by atoms with Gasteiger partial charge in [-0.3, -0.25) is 0 Å². The van der Waals surface area contributed by atoms with Gasteiger partial charge in [0.2, 0.25) is 0 Å². The van der Waals surface area contributed by atoms with Gasteiger partial charge < -0.3 is 9.30 Å². The molecule has 0 aliphatic heterocycles. The molecule has 1 fully saturated rings. The third-order valence-corrected chi connectivity index (χ3v) is 6.01. The van der Waals surface area contributed by atoms with Crippen LogP contribution in [0, 0.1) is 11.3 Å². The second kappa shape index (κ2) is 5.90. The third kappa shape index (κ3) is 3.26.